The lowest BCUT2D eigenvalue weighted by molar-refractivity contribution is -0.169. The fraction of sp³-hybridized carbons (Fsp3) is 0.368. The third-order valence-electron chi connectivity index (χ3n) is 9.98. The lowest BCUT2D eigenvalue weighted by atomic mass is 9.91. The number of pyridine rings is 1. The Kier molecular flexibility index (Phi) is 10.8. The zero-order valence-electron chi connectivity index (χ0n) is 28.8. The van der Waals surface area contributed by atoms with E-state index in [1.165, 1.54) is 34.8 Å². The second-order valence-corrected chi connectivity index (χ2v) is 15.3. The molecular formula is C38H42N6O6S2. The van der Waals surface area contributed by atoms with E-state index in [2.05, 4.69) is 32.6 Å². The predicted molar refractivity (Wildman–Crippen MR) is 201 cm³/mol. The zero-order valence-corrected chi connectivity index (χ0v) is 30.4. The molecule has 0 spiro atoms. The number of carbonyl (C=O) groups excluding carboxylic acids is 1. The van der Waals surface area contributed by atoms with Crippen molar-refractivity contribution in [3.05, 3.63) is 109 Å². The minimum Gasteiger partial charge on any atom is -0.506 e. The highest BCUT2D eigenvalue weighted by Gasteiger charge is 2.45. The van der Waals surface area contributed by atoms with E-state index in [0.717, 1.165) is 61.8 Å². The topological polar surface area (TPSA) is 166 Å². The van der Waals surface area contributed by atoms with Crippen LogP contribution in [-0.4, -0.2) is 78.4 Å². The molecule has 1 aliphatic carbocycles. The summed E-state index contributed by atoms with van der Waals surface area (Å²) >= 11 is 2.70. The molecule has 14 heteroatoms. The lowest BCUT2D eigenvalue weighted by Crippen LogP contribution is -2.42. The van der Waals surface area contributed by atoms with Crippen LogP contribution in [-0.2, 0) is 28.2 Å². The molecule has 272 valence electrons. The van der Waals surface area contributed by atoms with Gasteiger partial charge in [0.05, 0.1) is 26.9 Å². The smallest absolute Gasteiger partial charge is 0.349 e. The van der Waals surface area contributed by atoms with E-state index in [1.54, 1.807) is 24.3 Å². The molecule has 52 heavy (non-hydrogen) atoms. The number of aryl methyl sites for hydroxylation is 1. The van der Waals surface area contributed by atoms with Crippen LogP contribution in [0.25, 0.3) is 21.9 Å². The Hall–Kier alpha value is -4.44. The van der Waals surface area contributed by atoms with Crippen LogP contribution < -0.4 is 10.9 Å². The standard InChI is InChI=1S/C38H42N6O6S2/c1-43(25-8-10-26(11-9-25)50-37(48)38(49,33-5-2-19-51-33)34-6-3-20-52-34)17-4-18-44-30-14-7-24(21-29(30)41-42-44)22-39-23-32(46)27-12-15-31(45)36-28(27)13-16-35(47)40-36/h2-3,5-7,12-16,19-21,25-26,32,39,45-46,49H,4,8-11,17-18,22-23H2,1H3,(H,40,47)/t25-,26-,32?. The van der Waals surface area contributed by atoms with Crippen molar-refractivity contribution in [3.63, 3.8) is 0 Å². The number of carbonyl (C=O) groups is 1. The van der Waals surface area contributed by atoms with Gasteiger partial charge in [0.1, 0.15) is 17.4 Å². The van der Waals surface area contributed by atoms with E-state index in [0.29, 0.717) is 38.8 Å². The molecule has 4 aromatic heterocycles. The molecule has 12 nitrogen and oxygen atoms in total. The summed E-state index contributed by atoms with van der Waals surface area (Å²) in [7, 11) is 2.14. The number of H-pyrrole nitrogens is 1. The lowest BCUT2D eigenvalue weighted by Gasteiger charge is -2.35. The van der Waals surface area contributed by atoms with Crippen LogP contribution in [0, 0.1) is 0 Å². The van der Waals surface area contributed by atoms with Crippen molar-refractivity contribution in [2.24, 2.45) is 0 Å². The van der Waals surface area contributed by atoms with Gasteiger partial charge in [-0.05, 0) is 104 Å². The fourth-order valence-corrected chi connectivity index (χ4v) is 8.80. The highest BCUT2D eigenvalue weighted by Crippen LogP contribution is 2.38. The number of hydrogen-bond acceptors (Lipinski definition) is 12. The number of aromatic hydroxyl groups is 1. The first-order valence-corrected chi connectivity index (χ1v) is 19.2. The number of aromatic nitrogens is 4. The number of hydrogen-bond donors (Lipinski definition) is 5. The maximum absolute atomic E-state index is 13.4. The molecule has 4 heterocycles. The number of benzene rings is 2. The second kappa shape index (κ2) is 15.7. The maximum Gasteiger partial charge on any atom is 0.349 e. The van der Waals surface area contributed by atoms with Gasteiger partial charge in [-0.15, -0.1) is 27.8 Å². The molecule has 1 aliphatic rings. The van der Waals surface area contributed by atoms with Gasteiger partial charge in [0.25, 0.3) is 0 Å². The Labute approximate surface area is 308 Å². The average Bonchev–Trinajstić information content (AvgIpc) is 3.96. The van der Waals surface area contributed by atoms with Gasteiger partial charge in [0.15, 0.2) is 0 Å². The van der Waals surface area contributed by atoms with Gasteiger partial charge in [-0.1, -0.05) is 29.5 Å². The molecule has 0 saturated heterocycles. The second-order valence-electron chi connectivity index (χ2n) is 13.4. The van der Waals surface area contributed by atoms with E-state index < -0.39 is 17.7 Å². The van der Waals surface area contributed by atoms with Crippen molar-refractivity contribution in [1.29, 1.82) is 0 Å². The summed E-state index contributed by atoms with van der Waals surface area (Å²) in [5.74, 6) is -0.642. The Morgan fingerprint density at radius 2 is 1.83 bits per heavy atom. The SMILES string of the molecule is CN(CCCn1nnc2cc(CNCC(O)c3ccc(O)c4[nH]c(=O)ccc34)ccc21)[C@H]1CC[C@H](OC(=O)C(O)(c2cccs2)c2cccs2)CC1. The van der Waals surface area contributed by atoms with Gasteiger partial charge >= 0.3 is 5.97 Å². The number of ether oxygens (including phenoxy) is 1. The van der Waals surface area contributed by atoms with Crippen molar-refractivity contribution in [1.82, 2.24) is 30.2 Å². The van der Waals surface area contributed by atoms with Gasteiger partial charge in [0.2, 0.25) is 11.2 Å². The number of aliphatic hydroxyl groups excluding tert-OH is 1. The van der Waals surface area contributed by atoms with Crippen molar-refractivity contribution < 1.29 is 24.9 Å². The molecule has 0 radical (unpaired) electrons. The molecule has 7 rings (SSSR count). The van der Waals surface area contributed by atoms with E-state index >= 15 is 0 Å². The molecule has 1 saturated carbocycles. The number of phenolic OH excluding ortho intramolecular Hbond substituents is 1. The average molecular weight is 743 g/mol. The molecule has 0 amide bonds. The number of nitrogens with zero attached hydrogens (tertiary/aromatic N) is 4. The van der Waals surface area contributed by atoms with Crippen LogP contribution >= 0.6 is 22.7 Å². The molecule has 2 aromatic carbocycles. The van der Waals surface area contributed by atoms with Crippen LogP contribution in [0.5, 0.6) is 5.75 Å². The third-order valence-corrected chi connectivity index (χ3v) is 11.9. The number of aromatic amines is 1. The Bertz CT molecular complexity index is 2140. The first-order valence-electron chi connectivity index (χ1n) is 17.5. The molecule has 0 aliphatic heterocycles. The molecule has 1 atom stereocenters. The van der Waals surface area contributed by atoms with Gasteiger partial charge in [-0.25, -0.2) is 9.48 Å². The van der Waals surface area contributed by atoms with Crippen molar-refractivity contribution in [3.8, 4) is 5.75 Å². The van der Waals surface area contributed by atoms with Crippen molar-refractivity contribution in [2.75, 3.05) is 20.1 Å². The highest BCUT2D eigenvalue weighted by atomic mass is 32.1. The summed E-state index contributed by atoms with van der Waals surface area (Å²) in [6.07, 6.45) is 3.18. The monoisotopic (exact) mass is 742 g/mol. The Morgan fingerprint density at radius 1 is 1.08 bits per heavy atom. The maximum atomic E-state index is 13.4. The molecule has 5 N–H and O–H groups in total. The molecule has 6 aromatic rings. The van der Waals surface area contributed by atoms with Crippen molar-refractivity contribution >= 4 is 50.6 Å². The van der Waals surface area contributed by atoms with Gasteiger partial charge < -0.3 is 35.3 Å². The Morgan fingerprint density at radius 3 is 2.54 bits per heavy atom. The summed E-state index contributed by atoms with van der Waals surface area (Å²) in [4.78, 5) is 31.2. The number of esters is 1. The number of fused-ring (bicyclic) bond motifs is 2. The first kappa shape index (κ1) is 35.9. The molecular weight excluding hydrogens is 701 g/mol. The summed E-state index contributed by atoms with van der Waals surface area (Å²) in [6.45, 7) is 2.42. The van der Waals surface area contributed by atoms with Crippen LogP contribution in [0.15, 0.2) is 82.3 Å². The zero-order chi connectivity index (χ0) is 36.2. The quantitative estimate of drug-likeness (QED) is 0.0956. The molecule has 1 fully saturated rings. The summed E-state index contributed by atoms with van der Waals surface area (Å²) in [5, 5.41) is 49.0. The van der Waals surface area contributed by atoms with Crippen molar-refractivity contribution in [2.45, 2.75) is 69.0 Å². The van der Waals surface area contributed by atoms with Crippen LogP contribution in [0.2, 0.25) is 0 Å². The molecule has 1 unspecified atom stereocenters. The Balaban J connectivity index is 0.861. The van der Waals surface area contributed by atoms with Gasteiger partial charge in [0, 0.05) is 37.1 Å². The van der Waals surface area contributed by atoms with Crippen LogP contribution in [0.3, 0.4) is 0 Å². The normalized spacial score (nSPS) is 17.2. The van der Waals surface area contributed by atoms with Gasteiger partial charge in [-0.3, -0.25) is 4.79 Å². The number of phenols is 1. The largest absolute Gasteiger partial charge is 0.506 e. The van der Waals surface area contributed by atoms with E-state index in [1.807, 2.05) is 45.8 Å². The first-order chi connectivity index (χ1) is 25.2. The summed E-state index contributed by atoms with van der Waals surface area (Å²) in [6, 6.07) is 19.8. The third kappa shape index (κ3) is 7.54. The van der Waals surface area contributed by atoms with E-state index in [-0.39, 0.29) is 24.0 Å². The predicted octanol–water partition coefficient (Wildman–Crippen LogP) is 5.04. The minimum absolute atomic E-state index is 0.0414. The van der Waals surface area contributed by atoms with Crippen LogP contribution in [0.1, 0.15) is 59.1 Å². The number of rotatable bonds is 14. The number of nitrogens with one attached hydrogen (secondary N) is 2. The van der Waals surface area contributed by atoms with E-state index in [4.69, 9.17) is 4.74 Å². The van der Waals surface area contributed by atoms with E-state index in [9.17, 15) is 24.9 Å². The van der Waals surface area contributed by atoms with Crippen LogP contribution in [0.4, 0.5) is 0 Å². The fourth-order valence-electron chi connectivity index (χ4n) is 7.09. The summed E-state index contributed by atoms with van der Waals surface area (Å²) in [5.41, 5.74) is 1.60. The number of thiophene rings is 2. The highest BCUT2D eigenvalue weighted by molar-refractivity contribution is 7.12. The number of aliphatic hydroxyl groups is 2. The molecule has 0 bridgehead atoms. The minimum atomic E-state index is -1.78. The van der Waals surface area contributed by atoms with Gasteiger partial charge in [-0.2, -0.15) is 0 Å². The summed E-state index contributed by atoms with van der Waals surface area (Å²) < 4.78 is 7.87.